The second-order valence-corrected chi connectivity index (χ2v) is 7.38. The molecule has 6 nitrogen and oxygen atoms in total. The summed E-state index contributed by atoms with van der Waals surface area (Å²) in [5.74, 6) is 1.40. The molecule has 2 aromatic heterocycles. The summed E-state index contributed by atoms with van der Waals surface area (Å²) in [6.07, 6.45) is 3.46. The Kier molecular flexibility index (Phi) is 5.76. The van der Waals surface area contributed by atoms with E-state index in [-0.39, 0.29) is 5.82 Å². The molecule has 0 atom stereocenters. The largest absolute Gasteiger partial charge is 0.370 e. The molecule has 1 N–H and O–H groups in total. The minimum absolute atomic E-state index is 0.262. The molecule has 4 rings (SSSR count). The van der Waals surface area contributed by atoms with Crippen molar-refractivity contribution in [3.8, 4) is 17.1 Å². The topological polar surface area (TPSA) is 57.3 Å². The second-order valence-electron chi connectivity index (χ2n) is 6.31. The number of halogens is 1. The first-order chi connectivity index (χ1) is 13.3. The van der Waals surface area contributed by atoms with Gasteiger partial charge in [-0.05, 0) is 36.4 Å². The number of ether oxygens (including phenoxy) is 1. The highest BCUT2D eigenvalue weighted by molar-refractivity contribution is 7.99. The van der Waals surface area contributed by atoms with Crippen LogP contribution in [-0.2, 0) is 4.74 Å². The summed E-state index contributed by atoms with van der Waals surface area (Å²) in [4.78, 5) is 5.62. The molecule has 8 heteroatoms. The van der Waals surface area contributed by atoms with E-state index in [1.807, 2.05) is 16.7 Å². The molecule has 0 aliphatic carbocycles. The highest BCUT2D eigenvalue weighted by atomic mass is 32.2. The molecule has 3 heterocycles. The van der Waals surface area contributed by atoms with E-state index in [2.05, 4.69) is 15.2 Å². The van der Waals surface area contributed by atoms with E-state index in [0.717, 1.165) is 60.8 Å². The first-order valence-corrected chi connectivity index (χ1v) is 9.96. The highest BCUT2D eigenvalue weighted by Gasteiger charge is 2.18. The van der Waals surface area contributed by atoms with Crippen LogP contribution in [0.5, 0.6) is 0 Å². The molecule has 1 aliphatic heterocycles. The third-order valence-electron chi connectivity index (χ3n) is 4.54. The molecule has 0 bridgehead atoms. The number of quaternary nitrogens is 1. The summed E-state index contributed by atoms with van der Waals surface area (Å²) < 4.78 is 20.8. The van der Waals surface area contributed by atoms with Crippen LogP contribution in [0.25, 0.3) is 17.1 Å². The van der Waals surface area contributed by atoms with Gasteiger partial charge in [0.1, 0.15) is 18.9 Å². The van der Waals surface area contributed by atoms with E-state index in [9.17, 15) is 4.39 Å². The average molecular weight is 386 g/mol. The van der Waals surface area contributed by atoms with Crippen molar-refractivity contribution in [2.45, 2.75) is 5.16 Å². The van der Waals surface area contributed by atoms with Gasteiger partial charge in [-0.1, -0.05) is 11.8 Å². The van der Waals surface area contributed by atoms with Crippen molar-refractivity contribution in [3.63, 3.8) is 0 Å². The molecule has 0 amide bonds. The zero-order chi connectivity index (χ0) is 18.5. The van der Waals surface area contributed by atoms with E-state index in [4.69, 9.17) is 4.74 Å². The zero-order valence-corrected chi connectivity index (χ0v) is 15.7. The minimum atomic E-state index is -0.262. The van der Waals surface area contributed by atoms with Crippen molar-refractivity contribution >= 4 is 11.8 Å². The van der Waals surface area contributed by atoms with Gasteiger partial charge in [0.15, 0.2) is 11.0 Å². The number of hydrogen-bond donors (Lipinski definition) is 1. The Hall–Kier alpha value is -2.29. The third kappa shape index (κ3) is 4.35. The maximum Gasteiger partial charge on any atom is 0.196 e. The van der Waals surface area contributed by atoms with Crippen LogP contribution in [0.3, 0.4) is 0 Å². The van der Waals surface area contributed by atoms with Crippen LogP contribution in [0.15, 0.2) is 53.9 Å². The summed E-state index contributed by atoms with van der Waals surface area (Å²) >= 11 is 1.67. The van der Waals surface area contributed by atoms with Gasteiger partial charge in [-0.2, -0.15) is 0 Å². The van der Waals surface area contributed by atoms with Gasteiger partial charge >= 0.3 is 0 Å². The fourth-order valence-electron chi connectivity index (χ4n) is 3.07. The second kappa shape index (κ2) is 8.60. The first kappa shape index (κ1) is 18.1. The Labute approximate surface area is 161 Å². The fourth-order valence-corrected chi connectivity index (χ4v) is 4.06. The molecule has 1 aromatic carbocycles. The standard InChI is InChI=1S/C19H20FN5OS/c20-16-1-3-17(4-2-16)25-18(15-5-7-21-8-6-15)22-23-19(25)27-14-11-24-9-12-26-13-10-24/h1-8H,9-14H2/p+1. The SMILES string of the molecule is Fc1ccc(-n2c(SCC[NH+]3CCOCC3)nnc2-c2ccncc2)cc1. The van der Waals surface area contributed by atoms with Crippen molar-refractivity contribution in [2.24, 2.45) is 0 Å². The lowest BCUT2D eigenvalue weighted by Crippen LogP contribution is -3.14. The molecule has 0 saturated carbocycles. The molecule has 140 valence electrons. The highest BCUT2D eigenvalue weighted by Crippen LogP contribution is 2.27. The summed E-state index contributed by atoms with van der Waals surface area (Å²) in [5, 5.41) is 9.60. The zero-order valence-electron chi connectivity index (χ0n) is 14.8. The number of hydrogen-bond acceptors (Lipinski definition) is 5. The lowest BCUT2D eigenvalue weighted by molar-refractivity contribution is -0.905. The normalized spacial score (nSPS) is 15.1. The van der Waals surface area contributed by atoms with E-state index in [0.29, 0.717) is 0 Å². The van der Waals surface area contributed by atoms with Gasteiger partial charge in [-0.3, -0.25) is 9.55 Å². The summed E-state index contributed by atoms with van der Waals surface area (Å²) in [7, 11) is 0. The van der Waals surface area contributed by atoms with Crippen molar-refractivity contribution in [3.05, 3.63) is 54.6 Å². The van der Waals surface area contributed by atoms with E-state index in [1.165, 1.54) is 12.1 Å². The minimum Gasteiger partial charge on any atom is -0.370 e. The smallest absolute Gasteiger partial charge is 0.196 e. The van der Waals surface area contributed by atoms with E-state index < -0.39 is 0 Å². The Morgan fingerprint density at radius 3 is 2.52 bits per heavy atom. The van der Waals surface area contributed by atoms with Crippen molar-refractivity contribution in [1.82, 2.24) is 19.7 Å². The predicted molar refractivity (Wildman–Crippen MR) is 102 cm³/mol. The lowest BCUT2D eigenvalue weighted by Gasteiger charge is -2.23. The van der Waals surface area contributed by atoms with E-state index >= 15 is 0 Å². The van der Waals surface area contributed by atoms with Gasteiger partial charge < -0.3 is 9.64 Å². The van der Waals surface area contributed by atoms with Gasteiger partial charge in [0.05, 0.1) is 25.5 Å². The summed E-state index contributed by atoms with van der Waals surface area (Å²) in [6.45, 7) is 4.81. The third-order valence-corrected chi connectivity index (χ3v) is 5.47. The number of nitrogens with zero attached hydrogens (tertiary/aromatic N) is 4. The monoisotopic (exact) mass is 386 g/mol. The molecule has 1 fully saturated rings. The van der Waals surface area contributed by atoms with Crippen LogP contribution in [0.2, 0.25) is 0 Å². The fraction of sp³-hybridized carbons (Fsp3) is 0.316. The molecule has 0 spiro atoms. The predicted octanol–water partition coefficient (Wildman–Crippen LogP) is 1.48. The van der Waals surface area contributed by atoms with Crippen LogP contribution in [0, 0.1) is 5.82 Å². The van der Waals surface area contributed by atoms with Crippen LogP contribution < -0.4 is 4.90 Å². The van der Waals surface area contributed by atoms with Gasteiger partial charge in [0, 0.05) is 23.6 Å². The molecule has 27 heavy (non-hydrogen) atoms. The number of benzene rings is 1. The number of nitrogens with one attached hydrogen (secondary N) is 1. The molecule has 0 unspecified atom stereocenters. The Bertz CT molecular complexity index is 866. The molecule has 0 radical (unpaired) electrons. The molecule has 3 aromatic rings. The number of aromatic nitrogens is 4. The van der Waals surface area contributed by atoms with Crippen molar-refractivity contribution < 1.29 is 14.0 Å². The Morgan fingerprint density at radius 1 is 1.04 bits per heavy atom. The van der Waals surface area contributed by atoms with Gasteiger partial charge in [0.25, 0.3) is 0 Å². The number of thioether (sulfide) groups is 1. The van der Waals surface area contributed by atoms with Crippen LogP contribution in [0.4, 0.5) is 4.39 Å². The summed E-state index contributed by atoms with van der Waals surface area (Å²) in [6, 6.07) is 10.2. The molecule has 1 aliphatic rings. The van der Waals surface area contributed by atoms with E-state index in [1.54, 1.807) is 41.2 Å². The lowest BCUT2D eigenvalue weighted by atomic mass is 10.2. The first-order valence-electron chi connectivity index (χ1n) is 8.97. The van der Waals surface area contributed by atoms with Crippen LogP contribution >= 0.6 is 11.8 Å². The number of morpholine rings is 1. The van der Waals surface area contributed by atoms with Crippen molar-refractivity contribution in [2.75, 3.05) is 38.6 Å². The molecule has 1 saturated heterocycles. The van der Waals surface area contributed by atoms with Gasteiger partial charge in [-0.15, -0.1) is 10.2 Å². The van der Waals surface area contributed by atoms with Crippen LogP contribution in [0.1, 0.15) is 0 Å². The summed E-state index contributed by atoms with van der Waals surface area (Å²) in [5.41, 5.74) is 1.77. The van der Waals surface area contributed by atoms with Crippen molar-refractivity contribution in [1.29, 1.82) is 0 Å². The van der Waals surface area contributed by atoms with Gasteiger partial charge in [0.2, 0.25) is 0 Å². The van der Waals surface area contributed by atoms with Crippen LogP contribution in [-0.4, -0.2) is 58.3 Å². The van der Waals surface area contributed by atoms with Gasteiger partial charge in [-0.25, -0.2) is 4.39 Å². The maximum absolute atomic E-state index is 13.4. The Morgan fingerprint density at radius 2 is 1.78 bits per heavy atom. The maximum atomic E-state index is 13.4. The quantitative estimate of drug-likeness (QED) is 0.651. The Balaban J connectivity index is 1.59. The molecular weight excluding hydrogens is 365 g/mol. The molecular formula is C19H21FN5OS+. The number of rotatable bonds is 6. The number of pyridine rings is 1. The average Bonchev–Trinajstić information content (AvgIpc) is 3.14.